The Morgan fingerprint density at radius 3 is 2.11 bits per heavy atom. The third kappa shape index (κ3) is 3.56. The number of rotatable bonds is 2. The van der Waals surface area contributed by atoms with E-state index in [9.17, 15) is 9.59 Å². The van der Waals surface area contributed by atoms with Gasteiger partial charge >= 0.3 is 11.9 Å². The first-order valence-corrected chi connectivity index (χ1v) is 6.09. The van der Waals surface area contributed by atoms with Gasteiger partial charge in [0.15, 0.2) is 0 Å². The number of hydrogen-bond acceptors (Lipinski definition) is 4. The lowest BCUT2D eigenvalue weighted by atomic mass is 9.97. The highest BCUT2D eigenvalue weighted by Gasteiger charge is 2.25. The number of esters is 2. The van der Waals surface area contributed by atoms with E-state index in [0.717, 1.165) is 11.1 Å². The van der Waals surface area contributed by atoms with Crippen molar-refractivity contribution in [2.24, 2.45) is 0 Å². The topological polar surface area (TPSA) is 52.6 Å². The van der Waals surface area contributed by atoms with Crippen molar-refractivity contribution >= 4 is 11.9 Å². The molecule has 0 aromatic heterocycles. The quantitative estimate of drug-likeness (QED) is 0.770. The molecule has 0 saturated heterocycles. The van der Waals surface area contributed by atoms with Gasteiger partial charge < -0.3 is 9.47 Å². The third-order valence-corrected chi connectivity index (χ3v) is 2.74. The molecule has 104 valence electrons. The van der Waals surface area contributed by atoms with Crippen LogP contribution >= 0.6 is 0 Å². The maximum Gasteiger partial charge on any atom is 0.339 e. The number of hydrogen-bond donors (Lipinski definition) is 0. The Kier molecular flexibility index (Phi) is 4.35. The largest absolute Gasteiger partial charge is 0.465 e. The number of aryl methyl sites for hydroxylation is 1. The molecule has 1 rings (SSSR count). The van der Waals surface area contributed by atoms with Crippen molar-refractivity contribution in [1.29, 1.82) is 0 Å². The van der Waals surface area contributed by atoms with Gasteiger partial charge in [0.05, 0.1) is 18.2 Å². The van der Waals surface area contributed by atoms with Gasteiger partial charge in [-0.25, -0.2) is 9.59 Å². The summed E-state index contributed by atoms with van der Waals surface area (Å²) in [6.07, 6.45) is 0. The summed E-state index contributed by atoms with van der Waals surface area (Å²) in [6, 6.07) is 3.38. The Morgan fingerprint density at radius 2 is 1.63 bits per heavy atom. The second-order valence-electron chi connectivity index (χ2n) is 5.42. The highest BCUT2D eigenvalue weighted by molar-refractivity contribution is 6.04. The van der Waals surface area contributed by atoms with Crippen LogP contribution in [0.4, 0.5) is 0 Å². The lowest BCUT2D eigenvalue weighted by Crippen LogP contribution is -2.26. The molecule has 19 heavy (non-hydrogen) atoms. The molecule has 1 aromatic rings. The molecule has 0 aliphatic rings. The summed E-state index contributed by atoms with van der Waals surface area (Å²) in [6.45, 7) is 9.03. The minimum Gasteiger partial charge on any atom is -0.465 e. The number of ether oxygens (including phenoxy) is 2. The highest BCUT2D eigenvalue weighted by atomic mass is 16.6. The van der Waals surface area contributed by atoms with Crippen LogP contribution in [0, 0.1) is 13.8 Å². The lowest BCUT2D eigenvalue weighted by molar-refractivity contribution is 0.00643. The van der Waals surface area contributed by atoms with E-state index in [1.54, 1.807) is 39.8 Å². The van der Waals surface area contributed by atoms with Crippen LogP contribution in [-0.4, -0.2) is 24.6 Å². The molecule has 0 aliphatic carbocycles. The highest BCUT2D eigenvalue weighted by Crippen LogP contribution is 2.22. The molecule has 0 saturated carbocycles. The van der Waals surface area contributed by atoms with Gasteiger partial charge in [-0.1, -0.05) is 6.07 Å². The van der Waals surface area contributed by atoms with Gasteiger partial charge in [-0.2, -0.15) is 0 Å². The molecule has 0 heterocycles. The molecule has 4 nitrogen and oxygen atoms in total. The smallest absolute Gasteiger partial charge is 0.339 e. The van der Waals surface area contributed by atoms with Crippen LogP contribution in [0.2, 0.25) is 0 Å². The van der Waals surface area contributed by atoms with E-state index in [2.05, 4.69) is 0 Å². The van der Waals surface area contributed by atoms with Gasteiger partial charge in [-0.15, -0.1) is 0 Å². The van der Waals surface area contributed by atoms with E-state index in [0.29, 0.717) is 0 Å². The molecule has 0 atom stereocenters. The first kappa shape index (κ1) is 15.2. The zero-order valence-corrected chi connectivity index (χ0v) is 12.3. The van der Waals surface area contributed by atoms with Crippen LogP contribution in [0.5, 0.6) is 0 Å². The van der Waals surface area contributed by atoms with Crippen molar-refractivity contribution < 1.29 is 19.1 Å². The van der Waals surface area contributed by atoms with Crippen LogP contribution < -0.4 is 0 Å². The summed E-state index contributed by atoms with van der Waals surface area (Å²) < 4.78 is 10.1. The van der Waals surface area contributed by atoms with E-state index >= 15 is 0 Å². The van der Waals surface area contributed by atoms with E-state index < -0.39 is 17.5 Å². The zero-order chi connectivity index (χ0) is 14.8. The normalized spacial score (nSPS) is 11.1. The van der Waals surface area contributed by atoms with Crippen LogP contribution in [0.1, 0.15) is 52.6 Å². The molecule has 0 radical (unpaired) electrons. The summed E-state index contributed by atoms with van der Waals surface area (Å²) in [5, 5.41) is 0. The first-order valence-electron chi connectivity index (χ1n) is 6.09. The van der Waals surface area contributed by atoms with Crippen LogP contribution in [0.25, 0.3) is 0 Å². The fraction of sp³-hybridized carbons (Fsp3) is 0.467. The van der Waals surface area contributed by atoms with Crippen molar-refractivity contribution in [2.75, 3.05) is 7.11 Å². The van der Waals surface area contributed by atoms with E-state index in [1.165, 1.54) is 7.11 Å². The van der Waals surface area contributed by atoms with Gasteiger partial charge in [0.1, 0.15) is 5.60 Å². The van der Waals surface area contributed by atoms with Crippen LogP contribution in [0.3, 0.4) is 0 Å². The summed E-state index contributed by atoms with van der Waals surface area (Å²) in [5.41, 5.74) is 1.56. The lowest BCUT2D eigenvalue weighted by Gasteiger charge is -2.21. The third-order valence-electron chi connectivity index (χ3n) is 2.74. The summed E-state index contributed by atoms with van der Waals surface area (Å²) in [7, 11) is 1.29. The molecule has 0 aliphatic heterocycles. The molecule has 0 amide bonds. The van der Waals surface area contributed by atoms with Gasteiger partial charge in [-0.3, -0.25) is 0 Å². The minimum atomic E-state index is -0.610. The molecular weight excluding hydrogens is 244 g/mol. The van der Waals surface area contributed by atoms with Gasteiger partial charge in [0.2, 0.25) is 0 Å². The van der Waals surface area contributed by atoms with Gasteiger partial charge in [0, 0.05) is 0 Å². The maximum atomic E-state index is 12.2. The molecule has 0 spiro atoms. The van der Waals surface area contributed by atoms with Crippen LogP contribution in [-0.2, 0) is 9.47 Å². The maximum absolute atomic E-state index is 12.2. The standard InChI is InChI=1S/C15H20O4/c1-9-7-8-11(13(16)18-6)12(10(9)2)14(17)19-15(3,4)5/h7-8H,1-6H3. The predicted octanol–water partition coefficient (Wildman–Crippen LogP) is 3.05. The SMILES string of the molecule is COC(=O)c1ccc(C)c(C)c1C(=O)OC(C)(C)C. The van der Waals surface area contributed by atoms with Crippen molar-refractivity contribution in [2.45, 2.75) is 40.2 Å². The van der Waals surface area contributed by atoms with Crippen molar-refractivity contribution in [3.8, 4) is 0 Å². The van der Waals surface area contributed by atoms with E-state index in [-0.39, 0.29) is 11.1 Å². The number of carbonyl (C=O) groups excluding carboxylic acids is 2. The van der Waals surface area contributed by atoms with Crippen molar-refractivity contribution in [1.82, 2.24) is 0 Å². The first-order chi connectivity index (χ1) is 8.67. The molecule has 0 fully saturated rings. The minimum absolute atomic E-state index is 0.236. The molecule has 4 heteroatoms. The summed E-state index contributed by atoms with van der Waals surface area (Å²) in [4.78, 5) is 24.0. The Balaban J connectivity index is 3.34. The molecule has 1 aromatic carbocycles. The second-order valence-corrected chi connectivity index (χ2v) is 5.42. The predicted molar refractivity (Wildman–Crippen MR) is 72.4 cm³/mol. The van der Waals surface area contributed by atoms with E-state index in [1.807, 2.05) is 6.92 Å². The number of carbonyl (C=O) groups is 2. The Hall–Kier alpha value is -1.84. The molecule has 0 bridgehead atoms. The van der Waals surface area contributed by atoms with Crippen LogP contribution in [0.15, 0.2) is 12.1 Å². The fourth-order valence-electron chi connectivity index (χ4n) is 1.69. The van der Waals surface area contributed by atoms with Crippen molar-refractivity contribution in [3.63, 3.8) is 0 Å². The Bertz CT molecular complexity index is 510. The summed E-state index contributed by atoms with van der Waals surface area (Å²) in [5.74, 6) is -1.04. The van der Waals surface area contributed by atoms with Gasteiger partial charge in [0.25, 0.3) is 0 Å². The Morgan fingerprint density at radius 1 is 1.05 bits per heavy atom. The second kappa shape index (κ2) is 5.43. The number of methoxy groups -OCH3 is 1. The molecule has 0 unspecified atom stereocenters. The fourth-order valence-corrected chi connectivity index (χ4v) is 1.69. The summed E-state index contributed by atoms with van der Waals surface area (Å²) >= 11 is 0. The van der Waals surface area contributed by atoms with Gasteiger partial charge in [-0.05, 0) is 51.8 Å². The average Bonchev–Trinajstić information content (AvgIpc) is 2.28. The average molecular weight is 264 g/mol. The molecular formula is C15H20O4. The Labute approximate surface area is 113 Å². The van der Waals surface area contributed by atoms with E-state index in [4.69, 9.17) is 9.47 Å². The van der Waals surface area contributed by atoms with Crippen molar-refractivity contribution in [3.05, 3.63) is 34.4 Å². The number of benzene rings is 1. The molecule has 0 N–H and O–H groups in total. The zero-order valence-electron chi connectivity index (χ0n) is 12.3. The monoisotopic (exact) mass is 264 g/mol.